The van der Waals surface area contributed by atoms with Crippen LogP contribution in [0.4, 0.5) is 0 Å². The average molecular weight is 219 g/mol. The van der Waals surface area contributed by atoms with Gasteiger partial charge in [-0.25, -0.2) is 15.9 Å². The molecule has 0 aliphatic carbocycles. The van der Waals surface area contributed by atoms with E-state index in [-0.39, 0.29) is 0 Å². The van der Waals surface area contributed by atoms with Crippen molar-refractivity contribution in [1.29, 1.82) is 0 Å². The molecular weight excluding hydrogens is 206 g/mol. The van der Waals surface area contributed by atoms with Crippen molar-refractivity contribution in [3.8, 4) is 5.88 Å². The molecule has 5 heteroatoms. The number of nitrogens with two attached hydrogens (primary N) is 1. The van der Waals surface area contributed by atoms with Crippen LogP contribution in [0, 0.1) is 0 Å². The first-order valence-electron chi connectivity index (χ1n) is 4.95. The fourth-order valence-corrected chi connectivity index (χ4v) is 1.47. The second-order valence-electron chi connectivity index (χ2n) is 3.36. The monoisotopic (exact) mass is 219 g/mol. The van der Waals surface area contributed by atoms with E-state index in [2.05, 4.69) is 14.8 Å². The summed E-state index contributed by atoms with van der Waals surface area (Å²) in [6.45, 7) is 0.495. The molecule has 1 aromatic carbocycles. The van der Waals surface area contributed by atoms with Gasteiger partial charge in [-0.15, -0.1) is 0 Å². The zero-order chi connectivity index (χ0) is 11.4. The molecule has 0 unspecified atom stereocenters. The fourth-order valence-electron chi connectivity index (χ4n) is 1.47. The Morgan fingerprint density at radius 2 is 2.19 bits per heavy atom. The number of nitrogens with zero attached hydrogens (tertiary/aromatic N) is 2. The van der Waals surface area contributed by atoms with Gasteiger partial charge in [-0.2, -0.15) is 0 Å². The molecule has 0 atom stereocenters. The summed E-state index contributed by atoms with van der Waals surface area (Å²) in [5.74, 6) is 5.50. The fraction of sp³-hybridized carbons (Fsp3) is 0.273. The molecule has 0 saturated heterocycles. The van der Waals surface area contributed by atoms with E-state index in [4.69, 9.17) is 10.6 Å². The highest BCUT2D eigenvalue weighted by Gasteiger charge is 2.01. The predicted molar refractivity (Wildman–Crippen MR) is 59.9 cm³/mol. The van der Waals surface area contributed by atoms with E-state index in [0.29, 0.717) is 12.5 Å². The predicted octanol–water partition coefficient (Wildman–Crippen LogP) is 1.07. The van der Waals surface area contributed by atoms with E-state index in [1.807, 2.05) is 18.2 Å². The Balaban J connectivity index is 2.32. The first kappa shape index (κ1) is 10.8. The molecule has 0 bridgehead atoms. The molecule has 0 aliphatic rings. The highest BCUT2D eigenvalue weighted by Crippen LogP contribution is 2.15. The molecule has 1 aromatic heterocycles. The second-order valence-corrected chi connectivity index (χ2v) is 3.36. The molecule has 0 aliphatic heterocycles. The highest BCUT2D eigenvalue weighted by molar-refractivity contribution is 5.75. The number of fused-ring (bicyclic) bond motifs is 1. The smallest absolute Gasteiger partial charge is 0.232 e. The number of rotatable bonds is 4. The Kier molecular flexibility index (Phi) is 3.28. The maximum Gasteiger partial charge on any atom is 0.232 e. The van der Waals surface area contributed by atoms with E-state index in [0.717, 1.165) is 23.0 Å². The van der Waals surface area contributed by atoms with Crippen molar-refractivity contribution >= 4 is 11.0 Å². The summed E-state index contributed by atoms with van der Waals surface area (Å²) in [4.78, 5) is 13.1. The first-order valence-corrected chi connectivity index (χ1v) is 4.95. The van der Waals surface area contributed by atoms with Gasteiger partial charge in [-0.1, -0.05) is 6.07 Å². The number of hydrogen-bond acceptors (Lipinski definition) is 5. The third-order valence-electron chi connectivity index (χ3n) is 2.30. The average Bonchev–Trinajstić information content (AvgIpc) is 2.35. The number of aromatic nitrogens is 2. The number of methoxy groups -OCH3 is 1. The lowest BCUT2D eigenvalue weighted by atomic mass is 10.1. The van der Waals surface area contributed by atoms with Crippen LogP contribution in [0.1, 0.15) is 5.56 Å². The number of ether oxygens (including phenoxy) is 1. The molecule has 16 heavy (non-hydrogen) atoms. The molecule has 2 aromatic rings. The molecule has 0 radical (unpaired) electrons. The minimum Gasteiger partial charge on any atom is -0.480 e. The summed E-state index contributed by atoms with van der Waals surface area (Å²) in [5.41, 5.74) is 2.78. The largest absolute Gasteiger partial charge is 0.480 e. The normalized spacial score (nSPS) is 10.6. The van der Waals surface area contributed by atoms with Crippen LogP contribution in [0.25, 0.3) is 11.0 Å². The van der Waals surface area contributed by atoms with Crippen LogP contribution in [-0.2, 0) is 11.3 Å². The lowest BCUT2D eigenvalue weighted by Gasteiger charge is -2.03. The van der Waals surface area contributed by atoms with Gasteiger partial charge in [-0.3, -0.25) is 0 Å². The molecule has 1 heterocycles. The molecule has 84 valence electrons. The second kappa shape index (κ2) is 4.87. The summed E-state index contributed by atoms with van der Waals surface area (Å²) in [6, 6.07) is 5.87. The van der Waals surface area contributed by atoms with Gasteiger partial charge in [0.25, 0.3) is 0 Å². The van der Waals surface area contributed by atoms with E-state index in [9.17, 15) is 0 Å². The van der Waals surface area contributed by atoms with Crippen LogP contribution >= 0.6 is 0 Å². The van der Waals surface area contributed by atoms with Crippen LogP contribution in [-0.4, -0.2) is 23.7 Å². The van der Waals surface area contributed by atoms with E-state index in [1.54, 1.807) is 13.3 Å². The molecule has 0 fully saturated rings. The van der Waals surface area contributed by atoms with Gasteiger partial charge in [0.15, 0.2) is 0 Å². The van der Waals surface area contributed by atoms with Crippen LogP contribution in [0.15, 0.2) is 24.4 Å². The van der Waals surface area contributed by atoms with Gasteiger partial charge in [0, 0.05) is 0 Å². The Labute approximate surface area is 93.2 Å². The number of benzene rings is 1. The van der Waals surface area contributed by atoms with Gasteiger partial charge in [-0.05, 0) is 24.1 Å². The van der Waals surface area contributed by atoms with Gasteiger partial charge in [0.05, 0.1) is 30.9 Å². The Hall–Kier alpha value is -1.72. The quantitative estimate of drug-likeness (QED) is 0.779. The van der Waals surface area contributed by atoms with Crippen molar-refractivity contribution in [2.75, 3.05) is 13.7 Å². The molecule has 0 spiro atoms. The summed E-state index contributed by atoms with van der Waals surface area (Å²) in [7, 11) is 1.57. The summed E-state index contributed by atoms with van der Waals surface area (Å²) < 4.78 is 5.01. The lowest BCUT2D eigenvalue weighted by molar-refractivity contribution is 0.141. The van der Waals surface area contributed by atoms with Crippen LogP contribution < -0.4 is 10.6 Å². The summed E-state index contributed by atoms with van der Waals surface area (Å²) >= 11 is 0. The Morgan fingerprint density at radius 3 is 2.94 bits per heavy atom. The van der Waals surface area contributed by atoms with Crippen molar-refractivity contribution in [3.63, 3.8) is 0 Å². The van der Waals surface area contributed by atoms with E-state index >= 15 is 0 Å². The topological polar surface area (TPSA) is 70.3 Å². The van der Waals surface area contributed by atoms with Crippen molar-refractivity contribution in [2.45, 2.75) is 6.42 Å². The molecular formula is C11H13N3O2. The van der Waals surface area contributed by atoms with Crippen LogP contribution in [0.5, 0.6) is 5.88 Å². The zero-order valence-electron chi connectivity index (χ0n) is 9.01. The van der Waals surface area contributed by atoms with Gasteiger partial charge < -0.3 is 9.57 Å². The van der Waals surface area contributed by atoms with Crippen LogP contribution in [0.2, 0.25) is 0 Å². The standard InChI is InChI=1S/C11H13N3O2/c1-15-11-7-13-10-6-8(4-5-16-12)2-3-9(10)14-11/h2-3,6-7H,4-5,12H2,1H3. The SMILES string of the molecule is COc1cnc2cc(CCON)ccc2n1. The lowest BCUT2D eigenvalue weighted by Crippen LogP contribution is -2.03. The minimum atomic E-state index is 0.495. The van der Waals surface area contributed by atoms with Crippen molar-refractivity contribution in [1.82, 2.24) is 9.97 Å². The van der Waals surface area contributed by atoms with Crippen molar-refractivity contribution in [3.05, 3.63) is 30.0 Å². The third-order valence-corrected chi connectivity index (χ3v) is 2.30. The molecule has 0 amide bonds. The number of hydrogen-bond donors (Lipinski definition) is 1. The molecule has 2 N–H and O–H groups in total. The molecule has 0 saturated carbocycles. The first-order chi connectivity index (χ1) is 7.83. The van der Waals surface area contributed by atoms with E-state index < -0.39 is 0 Å². The summed E-state index contributed by atoms with van der Waals surface area (Å²) in [5, 5.41) is 0. The minimum absolute atomic E-state index is 0.495. The summed E-state index contributed by atoms with van der Waals surface area (Å²) in [6.07, 6.45) is 2.37. The van der Waals surface area contributed by atoms with Gasteiger partial charge >= 0.3 is 0 Å². The van der Waals surface area contributed by atoms with Crippen molar-refractivity contribution < 1.29 is 9.57 Å². The maximum absolute atomic E-state index is 5.01. The van der Waals surface area contributed by atoms with Gasteiger partial charge in [0.2, 0.25) is 5.88 Å². The maximum atomic E-state index is 5.01. The third kappa shape index (κ3) is 2.26. The highest BCUT2D eigenvalue weighted by atomic mass is 16.6. The Bertz CT molecular complexity index is 488. The molecule has 5 nitrogen and oxygen atoms in total. The van der Waals surface area contributed by atoms with Crippen molar-refractivity contribution in [2.24, 2.45) is 5.90 Å². The van der Waals surface area contributed by atoms with Gasteiger partial charge in [0.1, 0.15) is 0 Å². The van der Waals surface area contributed by atoms with Crippen LogP contribution in [0.3, 0.4) is 0 Å². The van der Waals surface area contributed by atoms with E-state index in [1.165, 1.54) is 0 Å². The Morgan fingerprint density at radius 1 is 1.31 bits per heavy atom. The molecule has 2 rings (SSSR count). The zero-order valence-corrected chi connectivity index (χ0v) is 9.01.